The van der Waals surface area contributed by atoms with Crippen molar-refractivity contribution in [2.75, 3.05) is 11.9 Å². The molecule has 1 atom stereocenters. The number of carbonyl (C=O) groups is 3. The number of carboxylic acids is 1. The standard InChI is InChI=1S/C27H21BrN2O5/c1-2-7-23(26(32)33)29-25(31)21-13-12-16(28)14-24(21)30-27(34)35-15-22-19-10-5-3-8-17(19)18-9-4-6-11-20(18)22/h1,3-6,8-14,22-23H,7,15H2,(H,29,31)(H,30,34)(H,32,33). The third-order valence-corrected chi connectivity index (χ3v) is 6.23. The molecule has 0 bridgehead atoms. The summed E-state index contributed by atoms with van der Waals surface area (Å²) >= 11 is 3.32. The van der Waals surface area contributed by atoms with Crippen LogP contribution in [0.2, 0.25) is 0 Å². The Labute approximate surface area is 210 Å². The van der Waals surface area contributed by atoms with Crippen LogP contribution in [-0.4, -0.2) is 35.7 Å². The Kier molecular flexibility index (Phi) is 7.18. The van der Waals surface area contributed by atoms with Crippen LogP contribution in [0.15, 0.2) is 71.2 Å². The number of anilines is 1. The third kappa shape index (κ3) is 5.20. The first-order valence-corrected chi connectivity index (χ1v) is 11.6. The predicted molar refractivity (Wildman–Crippen MR) is 135 cm³/mol. The minimum absolute atomic E-state index is 0.0741. The van der Waals surface area contributed by atoms with E-state index in [2.05, 4.69) is 32.5 Å². The van der Waals surface area contributed by atoms with Gasteiger partial charge in [-0.25, -0.2) is 9.59 Å². The normalized spacial score (nSPS) is 12.6. The Morgan fingerprint density at radius 1 is 1.03 bits per heavy atom. The number of rotatable bonds is 7. The number of carbonyl (C=O) groups excluding carboxylic acids is 2. The SMILES string of the molecule is C#CCC(NC(=O)c1ccc(Br)cc1NC(=O)OCC1c2ccccc2-c2ccccc21)C(=O)O. The van der Waals surface area contributed by atoms with Crippen LogP contribution in [0.4, 0.5) is 10.5 Å². The number of aliphatic carboxylic acids is 1. The van der Waals surface area contributed by atoms with Crippen molar-refractivity contribution < 1.29 is 24.2 Å². The summed E-state index contributed by atoms with van der Waals surface area (Å²) in [6, 6.07) is 19.3. The van der Waals surface area contributed by atoms with Gasteiger partial charge in [0.05, 0.1) is 11.3 Å². The molecule has 0 aromatic heterocycles. The van der Waals surface area contributed by atoms with Gasteiger partial charge in [-0.1, -0.05) is 64.5 Å². The second-order valence-corrected chi connectivity index (χ2v) is 8.83. The molecule has 0 saturated heterocycles. The van der Waals surface area contributed by atoms with Gasteiger partial charge in [-0.05, 0) is 40.5 Å². The van der Waals surface area contributed by atoms with Gasteiger partial charge in [0.25, 0.3) is 5.91 Å². The molecule has 0 fully saturated rings. The van der Waals surface area contributed by atoms with Crippen LogP contribution in [0.3, 0.4) is 0 Å². The molecular weight excluding hydrogens is 512 g/mol. The van der Waals surface area contributed by atoms with Gasteiger partial charge in [0.2, 0.25) is 0 Å². The molecule has 2 amide bonds. The highest BCUT2D eigenvalue weighted by molar-refractivity contribution is 9.10. The van der Waals surface area contributed by atoms with E-state index in [1.54, 1.807) is 6.07 Å². The Morgan fingerprint density at radius 2 is 1.66 bits per heavy atom. The fourth-order valence-corrected chi connectivity index (χ4v) is 4.48. The van der Waals surface area contributed by atoms with Gasteiger partial charge in [-0.2, -0.15) is 0 Å². The lowest BCUT2D eigenvalue weighted by atomic mass is 9.98. The van der Waals surface area contributed by atoms with E-state index in [1.165, 1.54) is 12.1 Å². The van der Waals surface area contributed by atoms with Gasteiger partial charge >= 0.3 is 12.1 Å². The summed E-state index contributed by atoms with van der Waals surface area (Å²) in [4.78, 5) is 36.8. The fourth-order valence-electron chi connectivity index (χ4n) is 4.12. The number of halogens is 1. The van der Waals surface area contributed by atoms with Crippen molar-refractivity contribution in [2.24, 2.45) is 0 Å². The van der Waals surface area contributed by atoms with E-state index < -0.39 is 24.0 Å². The van der Waals surface area contributed by atoms with Crippen LogP contribution in [0.25, 0.3) is 11.1 Å². The summed E-state index contributed by atoms with van der Waals surface area (Å²) in [5, 5.41) is 14.2. The minimum atomic E-state index is -1.25. The third-order valence-electron chi connectivity index (χ3n) is 5.73. The number of fused-ring (bicyclic) bond motifs is 3. The molecule has 35 heavy (non-hydrogen) atoms. The predicted octanol–water partition coefficient (Wildman–Crippen LogP) is 5.02. The van der Waals surface area contributed by atoms with Crippen molar-refractivity contribution >= 4 is 39.6 Å². The van der Waals surface area contributed by atoms with Crippen molar-refractivity contribution in [1.82, 2.24) is 5.32 Å². The van der Waals surface area contributed by atoms with Gasteiger partial charge in [0.1, 0.15) is 12.6 Å². The molecule has 0 saturated carbocycles. The Balaban J connectivity index is 1.48. The average molecular weight is 533 g/mol. The number of ether oxygens (including phenoxy) is 1. The number of amides is 2. The molecule has 0 aliphatic heterocycles. The van der Waals surface area contributed by atoms with Crippen LogP contribution in [0.1, 0.15) is 33.8 Å². The summed E-state index contributed by atoms with van der Waals surface area (Å²) in [6.07, 6.45) is 4.29. The molecule has 4 rings (SSSR count). The molecule has 3 aromatic rings. The van der Waals surface area contributed by atoms with E-state index in [0.29, 0.717) is 4.47 Å². The molecule has 1 aliphatic carbocycles. The number of hydrogen-bond donors (Lipinski definition) is 3. The van der Waals surface area contributed by atoms with Crippen LogP contribution in [0.5, 0.6) is 0 Å². The van der Waals surface area contributed by atoms with E-state index in [4.69, 9.17) is 11.2 Å². The van der Waals surface area contributed by atoms with Gasteiger partial charge in [-0.15, -0.1) is 12.3 Å². The summed E-state index contributed by atoms with van der Waals surface area (Å²) in [6.45, 7) is 0.110. The second kappa shape index (κ2) is 10.5. The molecule has 3 aromatic carbocycles. The maximum absolute atomic E-state index is 12.7. The topological polar surface area (TPSA) is 105 Å². The van der Waals surface area contributed by atoms with E-state index in [0.717, 1.165) is 22.3 Å². The van der Waals surface area contributed by atoms with E-state index in [-0.39, 0.29) is 30.2 Å². The molecular formula is C27H21BrN2O5. The Hall–Kier alpha value is -4.09. The number of nitrogens with one attached hydrogen (secondary N) is 2. The molecule has 1 aliphatic rings. The van der Waals surface area contributed by atoms with Crippen LogP contribution in [0, 0.1) is 12.3 Å². The maximum atomic E-state index is 12.7. The highest BCUT2D eigenvalue weighted by Crippen LogP contribution is 2.44. The van der Waals surface area contributed by atoms with Crippen molar-refractivity contribution in [3.63, 3.8) is 0 Å². The largest absolute Gasteiger partial charge is 0.480 e. The van der Waals surface area contributed by atoms with Gasteiger partial charge < -0.3 is 15.2 Å². The van der Waals surface area contributed by atoms with Crippen LogP contribution < -0.4 is 10.6 Å². The van der Waals surface area contributed by atoms with Crippen LogP contribution >= 0.6 is 15.9 Å². The summed E-state index contributed by atoms with van der Waals surface area (Å²) in [5.41, 5.74) is 4.63. The number of hydrogen-bond acceptors (Lipinski definition) is 4. The first-order valence-electron chi connectivity index (χ1n) is 10.8. The molecule has 3 N–H and O–H groups in total. The van der Waals surface area contributed by atoms with E-state index in [9.17, 15) is 19.5 Å². The monoisotopic (exact) mass is 532 g/mol. The van der Waals surface area contributed by atoms with Gasteiger partial charge in [-0.3, -0.25) is 10.1 Å². The first-order chi connectivity index (χ1) is 16.9. The molecule has 0 heterocycles. The quantitative estimate of drug-likeness (QED) is 0.370. The fraction of sp³-hybridized carbons (Fsp3) is 0.148. The van der Waals surface area contributed by atoms with Crippen molar-refractivity contribution in [3.05, 3.63) is 87.9 Å². The van der Waals surface area contributed by atoms with E-state index in [1.807, 2.05) is 48.5 Å². The number of terminal acetylenes is 1. The summed E-state index contributed by atoms with van der Waals surface area (Å²) in [5.74, 6) is 0.178. The molecule has 1 unspecified atom stereocenters. The first kappa shape index (κ1) is 24.0. The molecule has 8 heteroatoms. The lowest BCUT2D eigenvalue weighted by Gasteiger charge is -2.17. The lowest BCUT2D eigenvalue weighted by molar-refractivity contribution is -0.139. The smallest absolute Gasteiger partial charge is 0.411 e. The summed E-state index contributed by atoms with van der Waals surface area (Å²) in [7, 11) is 0. The molecule has 0 radical (unpaired) electrons. The van der Waals surface area contributed by atoms with Gasteiger partial charge in [0, 0.05) is 16.8 Å². The number of carboxylic acid groups (broad SMARTS) is 1. The zero-order valence-corrected chi connectivity index (χ0v) is 20.0. The minimum Gasteiger partial charge on any atom is -0.480 e. The zero-order valence-electron chi connectivity index (χ0n) is 18.5. The Morgan fingerprint density at radius 3 is 2.26 bits per heavy atom. The lowest BCUT2D eigenvalue weighted by Crippen LogP contribution is -2.40. The highest BCUT2D eigenvalue weighted by Gasteiger charge is 2.29. The van der Waals surface area contributed by atoms with Gasteiger partial charge in [0.15, 0.2) is 0 Å². The summed E-state index contributed by atoms with van der Waals surface area (Å²) < 4.78 is 6.17. The van der Waals surface area contributed by atoms with E-state index >= 15 is 0 Å². The zero-order chi connectivity index (χ0) is 24.9. The second-order valence-electron chi connectivity index (χ2n) is 7.91. The average Bonchev–Trinajstić information content (AvgIpc) is 3.16. The molecule has 176 valence electrons. The van der Waals surface area contributed by atoms with Crippen molar-refractivity contribution in [1.29, 1.82) is 0 Å². The number of benzene rings is 3. The van der Waals surface area contributed by atoms with Crippen molar-refractivity contribution in [3.8, 4) is 23.5 Å². The Bertz CT molecular complexity index is 1300. The highest BCUT2D eigenvalue weighted by atomic mass is 79.9. The van der Waals surface area contributed by atoms with Crippen molar-refractivity contribution in [2.45, 2.75) is 18.4 Å². The molecule has 7 nitrogen and oxygen atoms in total. The van der Waals surface area contributed by atoms with Crippen LogP contribution in [-0.2, 0) is 9.53 Å². The maximum Gasteiger partial charge on any atom is 0.411 e. The molecule has 0 spiro atoms.